The highest BCUT2D eigenvalue weighted by atomic mass is 19.1. The molecule has 1 aromatic carbocycles. The third-order valence-electron chi connectivity index (χ3n) is 3.03. The number of hydrogen-bond donors (Lipinski definition) is 1. The van der Waals surface area contributed by atoms with Crippen LogP contribution in [-0.2, 0) is 16.1 Å². The zero-order chi connectivity index (χ0) is 15.2. The van der Waals surface area contributed by atoms with Crippen molar-refractivity contribution in [3.8, 4) is 0 Å². The zero-order valence-corrected chi connectivity index (χ0v) is 12.0. The number of nitrogens with one attached hydrogen (secondary N) is 1. The van der Waals surface area contributed by atoms with Gasteiger partial charge in [0, 0.05) is 18.2 Å². The first-order chi connectivity index (χ1) is 10.1. The Labute approximate surface area is 122 Å². The Balaban J connectivity index is 2.09. The number of ether oxygens (including phenoxy) is 1. The van der Waals surface area contributed by atoms with Crippen LogP contribution < -0.4 is 5.32 Å². The molecule has 0 saturated carbocycles. The first kappa shape index (κ1) is 15.2. The molecule has 0 aliphatic carbocycles. The molecule has 0 bridgehead atoms. The van der Waals surface area contributed by atoms with E-state index in [0.29, 0.717) is 18.0 Å². The molecule has 0 saturated heterocycles. The maximum atomic E-state index is 13.7. The van der Waals surface area contributed by atoms with Crippen molar-refractivity contribution < 1.29 is 13.9 Å². The molecule has 1 heterocycles. The number of aromatic nitrogens is 2. The van der Waals surface area contributed by atoms with Crippen LogP contribution in [0.15, 0.2) is 36.5 Å². The van der Waals surface area contributed by atoms with Crippen molar-refractivity contribution in [2.45, 2.75) is 26.5 Å². The number of halogens is 1. The molecule has 0 radical (unpaired) electrons. The van der Waals surface area contributed by atoms with Gasteiger partial charge in [0.1, 0.15) is 17.7 Å². The fraction of sp³-hybridized carbons (Fsp3) is 0.333. The maximum absolute atomic E-state index is 13.7. The monoisotopic (exact) mass is 291 g/mol. The van der Waals surface area contributed by atoms with Crippen LogP contribution in [0.3, 0.4) is 0 Å². The lowest BCUT2D eigenvalue weighted by atomic mass is 10.2. The van der Waals surface area contributed by atoms with Gasteiger partial charge in [-0.25, -0.2) is 9.07 Å². The van der Waals surface area contributed by atoms with Gasteiger partial charge in [-0.05, 0) is 19.9 Å². The number of benzene rings is 1. The third kappa shape index (κ3) is 3.88. The number of amides is 1. The summed E-state index contributed by atoms with van der Waals surface area (Å²) in [5.41, 5.74) is 0.509. The van der Waals surface area contributed by atoms with Crippen LogP contribution in [0.4, 0.5) is 10.2 Å². The van der Waals surface area contributed by atoms with Crippen LogP contribution >= 0.6 is 0 Å². The number of anilines is 1. The predicted molar refractivity (Wildman–Crippen MR) is 77.4 cm³/mol. The van der Waals surface area contributed by atoms with Gasteiger partial charge >= 0.3 is 0 Å². The highest BCUT2D eigenvalue weighted by Gasteiger charge is 2.15. The molecule has 5 nitrogen and oxygen atoms in total. The minimum absolute atomic E-state index is 0.248. The van der Waals surface area contributed by atoms with E-state index < -0.39 is 6.10 Å². The van der Waals surface area contributed by atoms with E-state index in [2.05, 4.69) is 10.4 Å². The zero-order valence-electron chi connectivity index (χ0n) is 12.0. The Morgan fingerprint density at radius 2 is 2.19 bits per heavy atom. The SMILES string of the molecule is CCO[C@H](C)C(=O)Nc1ccnn1Cc1ccccc1F. The van der Waals surface area contributed by atoms with Crippen LogP contribution in [0, 0.1) is 5.82 Å². The van der Waals surface area contributed by atoms with Crippen LogP contribution in [-0.4, -0.2) is 28.4 Å². The molecule has 1 N–H and O–H groups in total. The van der Waals surface area contributed by atoms with E-state index in [9.17, 15) is 9.18 Å². The lowest BCUT2D eigenvalue weighted by molar-refractivity contribution is -0.126. The predicted octanol–water partition coefficient (Wildman–Crippen LogP) is 2.43. The summed E-state index contributed by atoms with van der Waals surface area (Å²) >= 11 is 0. The number of carbonyl (C=O) groups is 1. The normalized spacial score (nSPS) is 12.1. The Morgan fingerprint density at radius 3 is 2.90 bits per heavy atom. The summed E-state index contributed by atoms with van der Waals surface area (Å²) in [4.78, 5) is 11.9. The second-order valence-electron chi connectivity index (χ2n) is 4.55. The number of nitrogens with zero attached hydrogens (tertiary/aromatic N) is 2. The summed E-state index contributed by atoms with van der Waals surface area (Å²) in [5, 5.41) is 6.83. The molecular weight excluding hydrogens is 273 g/mol. The minimum atomic E-state index is -0.549. The second kappa shape index (κ2) is 6.99. The molecule has 0 aliphatic heterocycles. The van der Waals surface area contributed by atoms with E-state index in [1.807, 2.05) is 6.92 Å². The number of hydrogen-bond acceptors (Lipinski definition) is 3. The van der Waals surface area contributed by atoms with Gasteiger partial charge < -0.3 is 10.1 Å². The molecule has 1 atom stereocenters. The lowest BCUT2D eigenvalue weighted by Gasteiger charge is -2.13. The van der Waals surface area contributed by atoms with Gasteiger partial charge in [-0.2, -0.15) is 5.10 Å². The molecule has 1 aromatic heterocycles. The van der Waals surface area contributed by atoms with Crippen LogP contribution in [0.25, 0.3) is 0 Å². The third-order valence-corrected chi connectivity index (χ3v) is 3.03. The van der Waals surface area contributed by atoms with Gasteiger partial charge in [0.15, 0.2) is 0 Å². The van der Waals surface area contributed by atoms with Gasteiger partial charge in [-0.1, -0.05) is 18.2 Å². The molecule has 0 fully saturated rings. The van der Waals surface area contributed by atoms with Gasteiger partial charge in [0.05, 0.1) is 12.7 Å². The second-order valence-corrected chi connectivity index (χ2v) is 4.55. The van der Waals surface area contributed by atoms with E-state index in [1.54, 1.807) is 37.4 Å². The highest BCUT2D eigenvalue weighted by Crippen LogP contribution is 2.13. The number of rotatable bonds is 6. The molecule has 2 rings (SSSR count). The van der Waals surface area contributed by atoms with E-state index >= 15 is 0 Å². The highest BCUT2D eigenvalue weighted by molar-refractivity contribution is 5.93. The van der Waals surface area contributed by atoms with Crippen molar-refractivity contribution in [3.05, 3.63) is 47.9 Å². The summed E-state index contributed by atoms with van der Waals surface area (Å²) in [7, 11) is 0. The molecule has 0 spiro atoms. The maximum Gasteiger partial charge on any atom is 0.254 e. The van der Waals surface area contributed by atoms with Crippen LogP contribution in [0.5, 0.6) is 0 Å². The van der Waals surface area contributed by atoms with Crippen molar-refractivity contribution in [2.75, 3.05) is 11.9 Å². The van der Waals surface area contributed by atoms with Gasteiger partial charge in [-0.3, -0.25) is 4.79 Å². The van der Waals surface area contributed by atoms with Crippen molar-refractivity contribution in [3.63, 3.8) is 0 Å². The summed E-state index contributed by atoms with van der Waals surface area (Å²) in [6.07, 6.45) is 1.01. The van der Waals surface area contributed by atoms with E-state index in [0.717, 1.165) is 0 Å². The molecule has 6 heteroatoms. The quantitative estimate of drug-likeness (QED) is 0.889. The van der Waals surface area contributed by atoms with Gasteiger partial charge in [0.25, 0.3) is 5.91 Å². The molecule has 21 heavy (non-hydrogen) atoms. The van der Waals surface area contributed by atoms with Crippen LogP contribution in [0.2, 0.25) is 0 Å². The number of carbonyl (C=O) groups excluding carboxylic acids is 1. The Hall–Kier alpha value is -2.21. The van der Waals surface area contributed by atoms with Crippen molar-refractivity contribution in [1.82, 2.24) is 9.78 Å². The molecule has 0 unspecified atom stereocenters. The average molecular weight is 291 g/mol. The topological polar surface area (TPSA) is 56.1 Å². The summed E-state index contributed by atoms with van der Waals surface area (Å²) in [5.74, 6) is -0.0464. The Morgan fingerprint density at radius 1 is 1.43 bits per heavy atom. The Kier molecular flexibility index (Phi) is 5.05. The molecule has 0 aliphatic rings. The summed E-state index contributed by atoms with van der Waals surface area (Å²) in [6.45, 7) is 4.21. The standard InChI is InChI=1S/C15H18FN3O2/c1-3-21-11(2)15(20)18-14-8-9-17-19(14)10-12-6-4-5-7-13(12)16/h4-9,11H,3,10H2,1-2H3,(H,18,20)/t11-/m1/s1. The first-order valence-corrected chi connectivity index (χ1v) is 6.79. The first-order valence-electron chi connectivity index (χ1n) is 6.79. The van der Waals surface area contributed by atoms with E-state index in [4.69, 9.17) is 4.74 Å². The minimum Gasteiger partial charge on any atom is -0.369 e. The van der Waals surface area contributed by atoms with E-state index in [1.165, 1.54) is 10.7 Å². The van der Waals surface area contributed by atoms with E-state index in [-0.39, 0.29) is 18.3 Å². The van der Waals surface area contributed by atoms with Crippen LogP contribution in [0.1, 0.15) is 19.4 Å². The molecule has 112 valence electrons. The van der Waals surface area contributed by atoms with Gasteiger partial charge in [0.2, 0.25) is 0 Å². The fourth-order valence-electron chi connectivity index (χ4n) is 1.91. The Bertz CT molecular complexity index is 612. The van der Waals surface area contributed by atoms with Crippen molar-refractivity contribution in [1.29, 1.82) is 0 Å². The van der Waals surface area contributed by atoms with Crippen molar-refractivity contribution in [2.24, 2.45) is 0 Å². The fourth-order valence-corrected chi connectivity index (χ4v) is 1.91. The summed E-state index contributed by atoms with van der Waals surface area (Å²) < 4.78 is 20.4. The summed E-state index contributed by atoms with van der Waals surface area (Å²) in [6, 6.07) is 8.14. The largest absolute Gasteiger partial charge is 0.369 e. The molecular formula is C15H18FN3O2. The van der Waals surface area contributed by atoms with Gasteiger partial charge in [-0.15, -0.1) is 0 Å². The molecule has 2 aromatic rings. The molecule has 1 amide bonds. The lowest BCUT2D eigenvalue weighted by Crippen LogP contribution is -2.28. The van der Waals surface area contributed by atoms with Crippen molar-refractivity contribution >= 4 is 11.7 Å². The average Bonchev–Trinajstić information content (AvgIpc) is 2.89. The smallest absolute Gasteiger partial charge is 0.254 e.